The number of carbonyl (C=O) groups excluding carboxylic acids is 1. The van der Waals surface area contributed by atoms with Crippen LogP contribution >= 0.6 is 0 Å². The van der Waals surface area contributed by atoms with Crippen molar-refractivity contribution in [1.29, 1.82) is 0 Å². The van der Waals surface area contributed by atoms with Crippen molar-refractivity contribution in [2.45, 2.75) is 33.2 Å². The van der Waals surface area contributed by atoms with Crippen LogP contribution in [0.5, 0.6) is 0 Å². The summed E-state index contributed by atoms with van der Waals surface area (Å²) >= 11 is 0. The van der Waals surface area contributed by atoms with Gasteiger partial charge in [0.2, 0.25) is 5.91 Å². The lowest BCUT2D eigenvalue weighted by Gasteiger charge is -2.36. The van der Waals surface area contributed by atoms with Gasteiger partial charge in [0.05, 0.1) is 0 Å². The van der Waals surface area contributed by atoms with Crippen LogP contribution in [-0.2, 0) is 11.3 Å². The van der Waals surface area contributed by atoms with Gasteiger partial charge in [-0.2, -0.15) is 0 Å². The molecule has 0 atom stereocenters. The van der Waals surface area contributed by atoms with Crippen molar-refractivity contribution in [1.82, 2.24) is 14.8 Å². The molecule has 1 N–H and O–H groups in total. The Balaban J connectivity index is 1.58. The maximum Gasteiger partial charge on any atom is 0.225 e. The summed E-state index contributed by atoms with van der Waals surface area (Å²) in [5, 5.41) is 1.31. The highest BCUT2D eigenvalue weighted by molar-refractivity contribution is 5.83. The molecule has 0 bridgehead atoms. The Hall–Kier alpha value is -1.81. The van der Waals surface area contributed by atoms with E-state index >= 15 is 0 Å². The minimum Gasteiger partial charge on any atom is -0.361 e. The maximum atomic E-state index is 12.5. The van der Waals surface area contributed by atoms with Gasteiger partial charge in [0.25, 0.3) is 0 Å². The van der Waals surface area contributed by atoms with Crippen molar-refractivity contribution in [2.75, 3.05) is 26.2 Å². The number of para-hydroxylation sites is 1. The van der Waals surface area contributed by atoms with E-state index in [0.29, 0.717) is 5.91 Å². The number of H-pyrrole nitrogens is 1. The van der Waals surface area contributed by atoms with Gasteiger partial charge in [-0.05, 0) is 24.5 Å². The fraction of sp³-hybridized carbons (Fsp3) is 0.526. The Labute approximate surface area is 138 Å². The molecule has 3 rings (SSSR count). The van der Waals surface area contributed by atoms with E-state index in [0.717, 1.165) is 45.6 Å². The summed E-state index contributed by atoms with van der Waals surface area (Å²) in [4.78, 5) is 20.3. The van der Waals surface area contributed by atoms with Crippen LogP contribution in [-0.4, -0.2) is 46.9 Å². The van der Waals surface area contributed by atoms with Gasteiger partial charge in [-0.15, -0.1) is 0 Å². The molecule has 1 amide bonds. The fourth-order valence-electron chi connectivity index (χ4n) is 3.53. The molecule has 1 aromatic heterocycles. The first-order valence-corrected chi connectivity index (χ1v) is 8.79. The third-order valence-corrected chi connectivity index (χ3v) is 5.09. The minimum absolute atomic E-state index is 0.204. The second-order valence-electron chi connectivity index (χ2n) is 6.47. The number of hydrogen-bond acceptors (Lipinski definition) is 2. The van der Waals surface area contributed by atoms with Crippen LogP contribution in [0.2, 0.25) is 0 Å². The average Bonchev–Trinajstić information content (AvgIpc) is 3.00. The predicted octanol–water partition coefficient (Wildman–Crippen LogP) is 3.25. The summed E-state index contributed by atoms with van der Waals surface area (Å²) < 4.78 is 0. The zero-order valence-electron chi connectivity index (χ0n) is 14.2. The summed E-state index contributed by atoms with van der Waals surface area (Å²) in [6.45, 7) is 8.82. The molecule has 0 unspecified atom stereocenters. The standard InChI is InChI=1S/C19H27N3O/c1-3-15(4-2)19(23)22-11-9-21(10-12-22)14-16-13-20-18-8-6-5-7-17(16)18/h5-8,13,15,20H,3-4,9-12,14H2,1-2H3. The number of nitrogens with zero attached hydrogens (tertiary/aromatic N) is 2. The zero-order chi connectivity index (χ0) is 16.2. The van der Waals surface area contributed by atoms with Gasteiger partial charge in [-0.1, -0.05) is 32.0 Å². The minimum atomic E-state index is 0.204. The van der Waals surface area contributed by atoms with E-state index in [1.807, 2.05) is 0 Å². The van der Waals surface area contributed by atoms with E-state index in [1.165, 1.54) is 16.5 Å². The number of fused-ring (bicyclic) bond motifs is 1. The zero-order valence-corrected chi connectivity index (χ0v) is 14.2. The molecule has 2 heterocycles. The lowest BCUT2D eigenvalue weighted by molar-refractivity contribution is -0.137. The highest BCUT2D eigenvalue weighted by Crippen LogP contribution is 2.20. The molecule has 1 saturated heterocycles. The third-order valence-electron chi connectivity index (χ3n) is 5.09. The van der Waals surface area contributed by atoms with Crippen LogP contribution in [0.25, 0.3) is 10.9 Å². The number of hydrogen-bond donors (Lipinski definition) is 1. The fourth-order valence-corrected chi connectivity index (χ4v) is 3.53. The first kappa shape index (κ1) is 16.1. The van der Waals surface area contributed by atoms with Gasteiger partial charge in [0, 0.05) is 55.7 Å². The molecule has 1 aliphatic heterocycles. The van der Waals surface area contributed by atoms with Crippen molar-refractivity contribution >= 4 is 16.8 Å². The van der Waals surface area contributed by atoms with E-state index in [4.69, 9.17) is 0 Å². The first-order valence-electron chi connectivity index (χ1n) is 8.79. The molecule has 1 fully saturated rings. The lowest BCUT2D eigenvalue weighted by Crippen LogP contribution is -2.49. The normalized spacial score (nSPS) is 16.4. The molecule has 2 aromatic rings. The van der Waals surface area contributed by atoms with E-state index in [1.54, 1.807) is 0 Å². The highest BCUT2D eigenvalue weighted by atomic mass is 16.2. The molecule has 0 spiro atoms. The quantitative estimate of drug-likeness (QED) is 0.920. The first-order chi connectivity index (χ1) is 11.2. The Kier molecular flexibility index (Phi) is 5.01. The van der Waals surface area contributed by atoms with E-state index < -0.39 is 0 Å². The maximum absolute atomic E-state index is 12.5. The Morgan fingerprint density at radius 2 is 1.83 bits per heavy atom. The highest BCUT2D eigenvalue weighted by Gasteiger charge is 2.25. The smallest absolute Gasteiger partial charge is 0.225 e. The van der Waals surface area contributed by atoms with Crippen molar-refractivity contribution in [3.05, 3.63) is 36.0 Å². The summed E-state index contributed by atoms with van der Waals surface area (Å²) in [5.41, 5.74) is 2.55. The second-order valence-corrected chi connectivity index (χ2v) is 6.47. The SMILES string of the molecule is CCC(CC)C(=O)N1CCN(Cc2c[nH]c3ccccc23)CC1. The molecule has 4 nitrogen and oxygen atoms in total. The molecule has 1 aliphatic rings. The van der Waals surface area contributed by atoms with E-state index in [-0.39, 0.29) is 5.92 Å². The monoisotopic (exact) mass is 313 g/mol. The van der Waals surface area contributed by atoms with Crippen LogP contribution in [0, 0.1) is 5.92 Å². The topological polar surface area (TPSA) is 39.3 Å². The Morgan fingerprint density at radius 1 is 1.13 bits per heavy atom. The van der Waals surface area contributed by atoms with Crippen LogP contribution < -0.4 is 0 Å². The van der Waals surface area contributed by atoms with Gasteiger partial charge in [-0.3, -0.25) is 9.69 Å². The van der Waals surface area contributed by atoms with Gasteiger partial charge >= 0.3 is 0 Å². The summed E-state index contributed by atoms with van der Waals surface area (Å²) in [7, 11) is 0. The second kappa shape index (κ2) is 7.18. The Bertz CT molecular complexity index is 651. The van der Waals surface area contributed by atoms with Crippen molar-refractivity contribution in [3.8, 4) is 0 Å². The largest absolute Gasteiger partial charge is 0.361 e. The predicted molar refractivity (Wildman–Crippen MR) is 94.2 cm³/mol. The van der Waals surface area contributed by atoms with Gasteiger partial charge < -0.3 is 9.88 Å². The molecule has 0 saturated carbocycles. The van der Waals surface area contributed by atoms with Crippen LogP contribution in [0.3, 0.4) is 0 Å². The number of carbonyl (C=O) groups is 1. The molecule has 23 heavy (non-hydrogen) atoms. The average molecular weight is 313 g/mol. The summed E-state index contributed by atoms with van der Waals surface area (Å²) in [5.74, 6) is 0.553. The lowest BCUT2D eigenvalue weighted by atomic mass is 10.0. The van der Waals surface area contributed by atoms with Crippen molar-refractivity contribution < 1.29 is 4.79 Å². The van der Waals surface area contributed by atoms with E-state index in [2.05, 4.69) is 59.1 Å². The number of nitrogens with one attached hydrogen (secondary N) is 1. The third kappa shape index (κ3) is 3.42. The number of rotatable bonds is 5. The molecule has 124 valence electrons. The van der Waals surface area contributed by atoms with Crippen molar-refractivity contribution in [2.24, 2.45) is 5.92 Å². The van der Waals surface area contributed by atoms with Crippen LogP contribution in [0.4, 0.5) is 0 Å². The van der Waals surface area contributed by atoms with Gasteiger partial charge in [0.15, 0.2) is 0 Å². The summed E-state index contributed by atoms with van der Waals surface area (Å²) in [6.07, 6.45) is 4.02. The number of aromatic nitrogens is 1. The number of piperazine rings is 1. The molecular formula is C19H27N3O. The van der Waals surface area contributed by atoms with Crippen LogP contribution in [0.15, 0.2) is 30.5 Å². The number of aromatic amines is 1. The molecular weight excluding hydrogens is 286 g/mol. The Morgan fingerprint density at radius 3 is 2.52 bits per heavy atom. The molecule has 0 radical (unpaired) electrons. The van der Waals surface area contributed by atoms with Crippen LogP contribution in [0.1, 0.15) is 32.3 Å². The number of amides is 1. The number of benzene rings is 1. The van der Waals surface area contributed by atoms with Gasteiger partial charge in [-0.25, -0.2) is 0 Å². The molecule has 0 aliphatic carbocycles. The molecule has 1 aromatic carbocycles. The van der Waals surface area contributed by atoms with Gasteiger partial charge in [0.1, 0.15) is 0 Å². The summed E-state index contributed by atoms with van der Waals surface area (Å²) in [6, 6.07) is 8.44. The van der Waals surface area contributed by atoms with Crippen molar-refractivity contribution in [3.63, 3.8) is 0 Å². The molecule has 4 heteroatoms. The van der Waals surface area contributed by atoms with E-state index in [9.17, 15) is 4.79 Å².